The summed E-state index contributed by atoms with van der Waals surface area (Å²) in [5, 5.41) is 3.40. The molecule has 0 spiro atoms. The number of rotatable bonds is 4. The predicted octanol–water partition coefficient (Wildman–Crippen LogP) is 3.24. The summed E-state index contributed by atoms with van der Waals surface area (Å²) >= 11 is 3.58. The first-order chi connectivity index (χ1) is 12.3. The average molecular weight is 400 g/mol. The molecule has 0 radical (unpaired) electrons. The second-order valence-electron chi connectivity index (χ2n) is 5.82. The Morgan fingerprint density at radius 1 is 1.08 bits per heavy atom. The van der Waals surface area contributed by atoms with Crippen molar-refractivity contribution in [2.24, 2.45) is 0 Å². The summed E-state index contributed by atoms with van der Waals surface area (Å²) in [5.41, 5.74) is 3.90. The fourth-order valence-electron chi connectivity index (χ4n) is 2.92. The van der Waals surface area contributed by atoms with E-state index in [0.29, 0.717) is 12.2 Å². The molecular formula is C18H18BrN5O. The van der Waals surface area contributed by atoms with Crippen LogP contribution in [0.15, 0.2) is 47.2 Å². The number of fused-ring (bicyclic) bond motifs is 1. The Morgan fingerprint density at radius 2 is 1.92 bits per heavy atom. The van der Waals surface area contributed by atoms with E-state index in [-0.39, 0.29) is 0 Å². The highest BCUT2D eigenvalue weighted by molar-refractivity contribution is 9.10. The smallest absolute Gasteiger partial charge is 0.180 e. The summed E-state index contributed by atoms with van der Waals surface area (Å²) in [5.74, 6) is 0.795. The van der Waals surface area contributed by atoms with Crippen molar-refractivity contribution in [1.82, 2.24) is 15.0 Å². The molecule has 0 amide bonds. The van der Waals surface area contributed by atoms with Gasteiger partial charge >= 0.3 is 0 Å². The number of ether oxygens (including phenoxy) is 1. The number of anilines is 2. The number of morpholine rings is 1. The molecule has 1 N–H and O–H groups in total. The molecule has 0 saturated carbocycles. The van der Waals surface area contributed by atoms with Crippen molar-refractivity contribution >= 4 is 38.6 Å². The maximum atomic E-state index is 5.47. The molecule has 0 aliphatic carbocycles. The Hall–Kier alpha value is -2.25. The number of nitrogens with one attached hydrogen (secondary N) is 1. The number of aromatic nitrogens is 3. The van der Waals surface area contributed by atoms with Gasteiger partial charge in [-0.05, 0) is 29.8 Å². The van der Waals surface area contributed by atoms with Gasteiger partial charge in [-0.3, -0.25) is 4.98 Å². The van der Waals surface area contributed by atoms with Gasteiger partial charge in [0.05, 0.1) is 13.2 Å². The first kappa shape index (κ1) is 16.2. The SMILES string of the molecule is Brc1ccc(CNc2ccc3nccnc3n2)c(N2CCOCC2)c1. The van der Waals surface area contributed by atoms with Crippen LogP contribution in [0.3, 0.4) is 0 Å². The Balaban J connectivity index is 1.55. The maximum absolute atomic E-state index is 5.47. The van der Waals surface area contributed by atoms with Gasteiger partial charge in [0.1, 0.15) is 11.3 Å². The Labute approximate surface area is 154 Å². The number of benzene rings is 1. The second kappa shape index (κ2) is 7.33. The highest BCUT2D eigenvalue weighted by atomic mass is 79.9. The second-order valence-corrected chi connectivity index (χ2v) is 6.74. The van der Waals surface area contributed by atoms with Crippen molar-refractivity contribution in [1.29, 1.82) is 0 Å². The normalized spacial score (nSPS) is 14.7. The van der Waals surface area contributed by atoms with Crippen LogP contribution in [0.4, 0.5) is 11.5 Å². The molecule has 1 aromatic carbocycles. The summed E-state index contributed by atoms with van der Waals surface area (Å²) in [6, 6.07) is 10.2. The summed E-state index contributed by atoms with van der Waals surface area (Å²) in [6.45, 7) is 4.05. The molecule has 6 nitrogen and oxygen atoms in total. The van der Waals surface area contributed by atoms with Gasteiger partial charge in [-0.1, -0.05) is 22.0 Å². The molecule has 3 aromatic rings. The van der Waals surface area contributed by atoms with E-state index in [4.69, 9.17) is 4.74 Å². The molecule has 3 heterocycles. The predicted molar refractivity (Wildman–Crippen MR) is 102 cm³/mol. The lowest BCUT2D eigenvalue weighted by Gasteiger charge is -2.31. The first-order valence-corrected chi connectivity index (χ1v) is 9.02. The van der Waals surface area contributed by atoms with Crippen molar-refractivity contribution < 1.29 is 4.74 Å². The van der Waals surface area contributed by atoms with Crippen molar-refractivity contribution in [3.8, 4) is 0 Å². The van der Waals surface area contributed by atoms with Crippen LogP contribution in [-0.4, -0.2) is 41.3 Å². The quantitative estimate of drug-likeness (QED) is 0.726. The zero-order valence-corrected chi connectivity index (χ0v) is 15.2. The molecule has 7 heteroatoms. The van der Waals surface area contributed by atoms with Gasteiger partial charge in [-0.15, -0.1) is 0 Å². The van der Waals surface area contributed by atoms with Crippen LogP contribution in [0.1, 0.15) is 5.56 Å². The van der Waals surface area contributed by atoms with E-state index in [0.717, 1.165) is 42.1 Å². The van der Waals surface area contributed by atoms with Crippen LogP contribution in [0.25, 0.3) is 11.2 Å². The van der Waals surface area contributed by atoms with Crippen molar-refractivity contribution in [2.75, 3.05) is 36.5 Å². The summed E-state index contributed by atoms with van der Waals surface area (Å²) in [6.07, 6.45) is 3.33. The lowest BCUT2D eigenvalue weighted by atomic mass is 10.1. The Bertz CT molecular complexity index is 882. The van der Waals surface area contributed by atoms with Gasteiger partial charge in [0, 0.05) is 42.2 Å². The lowest BCUT2D eigenvalue weighted by Crippen LogP contribution is -2.36. The Morgan fingerprint density at radius 3 is 2.80 bits per heavy atom. The van der Waals surface area contributed by atoms with Crippen LogP contribution in [0, 0.1) is 0 Å². The van der Waals surface area contributed by atoms with E-state index < -0.39 is 0 Å². The van der Waals surface area contributed by atoms with Crippen LogP contribution >= 0.6 is 15.9 Å². The van der Waals surface area contributed by atoms with E-state index in [1.54, 1.807) is 12.4 Å². The minimum atomic E-state index is 0.650. The number of hydrogen-bond donors (Lipinski definition) is 1. The molecule has 25 heavy (non-hydrogen) atoms. The maximum Gasteiger partial charge on any atom is 0.180 e. The average Bonchev–Trinajstić information content (AvgIpc) is 2.67. The summed E-state index contributed by atoms with van der Waals surface area (Å²) in [4.78, 5) is 15.4. The van der Waals surface area contributed by atoms with E-state index in [2.05, 4.69) is 59.3 Å². The molecule has 1 fully saturated rings. The third-order valence-electron chi connectivity index (χ3n) is 4.19. The number of halogens is 1. The highest BCUT2D eigenvalue weighted by Gasteiger charge is 2.15. The van der Waals surface area contributed by atoms with Gasteiger partial charge in [0.15, 0.2) is 5.65 Å². The van der Waals surface area contributed by atoms with Gasteiger partial charge in [0.25, 0.3) is 0 Å². The molecule has 0 bridgehead atoms. The third-order valence-corrected chi connectivity index (χ3v) is 4.68. The minimum Gasteiger partial charge on any atom is -0.378 e. The molecular weight excluding hydrogens is 382 g/mol. The van der Waals surface area contributed by atoms with Crippen molar-refractivity contribution in [3.63, 3.8) is 0 Å². The van der Waals surface area contributed by atoms with E-state index in [1.165, 1.54) is 11.3 Å². The summed E-state index contributed by atoms with van der Waals surface area (Å²) < 4.78 is 6.55. The first-order valence-electron chi connectivity index (χ1n) is 8.22. The van der Waals surface area contributed by atoms with Crippen LogP contribution < -0.4 is 10.2 Å². The lowest BCUT2D eigenvalue weighted by molar-refractivity contribution is 0.122. The molecule has 1 aliphatic heterocycles. The van der Waals surface area contributed by atoms with E-state index in [9.17, 15) is 0 Å². The summed E-state index contributed by atoms with van der Waals surface area (Å²) in [7, 11) is 0. The molecule has 1 saturated heterocycles. The largest absolute Gasteiger partial charge is 0.378 e. The fraction of sp³-hybridized carbons (Fsp3) is 0.278. The number of hydrogen-bond acceptors (Lipinski definition) is 6. The van der Waals surface area contributed by atoms with Gasteiger partial charge in [-0.2, -0.15) is 0 Å². The topological polar surface area (TPSA) is 63.2 Å². The highest BCUT2D eigenvalue weighted by Crippen LogP contribution is 2.27. The molecule has 0 atom stereocenters. The van der Waals surface area contributed by atoms with Crippen molar-refractivity contribution in [2.45, 2.75) is 6.54 Å². The molecule has 1 aliphatic rings. The third kappa shape index (κ3) is 3.72. The van der Waals surface area contributed by atoms with Gasteiger partial charge < -0.3 is 15.0 Å². The zero-order chi connectivity index (χ0) is 17.1. The van der Waals surface area contributed by atoms with Crippen LogP contribution in [0.5, 0.6) is 0 Å². The standard InChI is InChI=1S/C18H18BrN5O/c19-14-2-1-13(16(11-14)24-7-9-25-10-8-24)12-22-17-4-3-15-18(23-17)21-6-5-20-15/h1-6,11H,7-10,12H2,(H,21,22,23). The fourth-order valence-corrected chi connectivity index (χ4v) is 3.27. The van der Waals surface area contributed by atoms with Gasteiger partial charge in [0.2, 0.25) is 0 Å². The van der Waals surface area contributed by atoms with Crippen LogP contribution in [0.2, 0.25) is 0 Å². The van der Waals surface area contributed by atoms with Crippen LogP contribution in [-0.2, 0) is 11.3 Å². The van der Waals surface area contributed by atoms with Crippen molar-refractivity contribution in [3.05, 3.63) is 52.8 Å². The number of nitrogens with zero attached hydrogens (tertiary/aromatic N) is 4. The number of pyridine rings is 1. The molecule has 0 unspecified atom stereocenters. The zero-order valence-electron chi connectivity index (χ0n) is 13.7. The minimum absolute atomic E-state index is 0.650. The van der Waals surface area contributed by atoms with E-state index in [1.807, 2.05) is 12.1 Å². The monoisotopic (exact) mass is 399 g/mol. The Kier molecular flexibility index (Phi) is 4.76. The van der Waals surface area contributed by atoms with Gasteiger partial charge in [-0.25, -0.2) is 9.97 Å². The molecule has 128 valence electrons. The van der Waals surface area contributed by atoms with E-state index >= 15 is 0 Å². The molecule has 4 rings (SSSR count). The molecule has 2 aromatic heterocycles.